The number of ether oxygens (including phenoxy) is 1. The maximum atomic E-state index is 14.8. The van der Waals surface area contributed by atoms with Crippen LogP contribution in [0, 0.1) is 0 Å². The molecule has 2 aromatic heterocycles. The number of nitrogens with zero attached hydrogens (tertiary/aromatic N) is 6. The Bertz CT molecular complexity index is 1630. The summed E-state index contributed by atoms with van der Waals surface area (Å²) in [5, 5.41) is 6.04. The van der Waals surface area contributed by atoms with Crippen LogP contribution >= 0.6 is 0 Å². The van der Waals surface area contributed by atoms with Crippen molar-refractivity contribution in [1.29, 1.82) is 0 Å². The summed E-state index contributed by atoms with van der Waals surface area (Å²) in [5.74, 6) is -1.09. The van der Waals surface area contributed by atoms with Crippen LogP contribution in [-0.2, 0) is 24.3 Å². The zero-order chi connectivity index (χ0) is 32.1. The van der Waals surface area contributed by atoms with E-state index in [0.29, 0.717) is 54.0 Å². The number of aryl methyl sites for hydroxylation is 1. The fourth-order valence-corrected chi connectivity index (χ4v) is 5.39. The number of piperazine rings is 1. The fraction of sp³-hybridized carbons (Fsp3) is 0.424. The van der Waals surface area contributed by atoms with Gasteiger partial charge in [-0.3, -0.25) is 9.69 Å². The van der Waals surface area contributed by atoms with Crippen molar-refractivity contribution in [1.82, 2.24) is 29.2 Å². The van der Waals surface area contributed by atoms with Crippen LogP contribution in [0.2, 0.25) is 0 Å². The molecule has 0 saturated carbocycles. The number of nitrogens with one attached hydrogen (secondary N) is 2. The van der Waals surface area contributed by atoms with Crippen LogP contribution in [0.25, 0.3) is 11.0 Å². The molecule has 1 aliphatic rings. The lowest BCUT2D eigenvalue weighted by molar-refractivity contribution is -0.116. The number of alkyl halides is 2. The Morgan fingerprint density at radius 3 is 2.47 bits per heavy atom. The third-order valence-electron chi connectivity index (χ3n) is 8.02. The summed E-state index contributed by atoms with van der Waals surface area (Å²) in [6.45, 7) is 8.86. The summed E-state index contributed by atoms with van der Waals surface area (Å²) in [7, 11) is 5.68. The molecule has 5 rings (SSSR count). The summed E-state index contributed by atoms with van der Waals surface area (Å²) in [6, 6.07) is 14.1. The number of hydrogen-bond acceptors (Lipinski definition) is 8. The molecule has 0 radical (unpaired) electrons. The predicted octanol–water partition coefficient (Wildman–Crippen LogP) is 5.64. The van der Waals surface area contributed by atoms with Crippen LogP contribution in [0.5, 0.6) is 11.5 Å². The van der Waals surface area contributed by atoms with Gasteiger partial charge in [0, 0.05) is 89.2 Å². The SMILES string of the molecule is CCN1CCN(Cc2ccc(Nc3nc4ccc(Oc5ccnc(NC(=O)CCN(C)C)c5)cc4n3C)cc2C(C)(F)F)CC1. The largest absolute Gasteiger partial charge is 0.457 e. The molecule has 0 spiro atoms. The summed E-state index contributed by atoms with van der Waals surface area (Å²) in [6.07, 6.45) is 1.93. The smallest absolute Gasteiger partial charge is 0.270 e. The number of benzene rings is 2. The lowest BCUT2D eigenvalue weighted by Crippen LogP contribution is -2.45. The van der Waals surface area contributed by atoms with E-state index in [4.69, 9.17) is 9.72 Å². The van der Waals surface area contributed by atoms with E-state index in [2.05, 4.69) is 32.3 Å². The zero-order valence-corrected chi connectivity index (χ0v) is 26.6. The van der Waals surface area contributed by atoms with Crippen molar-refractivity contribution in [3.8, 4) is 11.5 Å². The first-order chi connectivity index (χ1) is 21.5. The van der Waals surface area contributed by atoms with Crippen molar-refractivity contribution in [3.05, 3.63) is 65.9 Å². The monoisotopic (exact) mass is 620 g/mol. The van der Waals surface area contributed by atoms with Crippen molar-refractivity contribution in [2.45, 2.75) is 32.7 Å². The van der Waals surface area contributed by atoms with Crippen molar-refractivity contribution in [2.75, 3.05) is 64.0 Å². The highest BCUT2D eigenvalue weighted by Crippen LogP contribution is 2.34. The number of pyridine rings is 1. The number of hydrogen-bond donors (Lipinski definition) is 2. The minimum absolute atomic E-state index is 0.0190. The van der Waals surface area contributed by atoms with E-state index in [0.717, 1.165) is 50.7 Å². The number of carbonyl (C=O) groups excluding carboxylic acids is 1. The Morgan fingerprint density at radius 2 is 1.76 bits per heavy atom. The Hall–Kier alpha value is -4.13. The molecule has 12 heteroatoms. The molecule has 0 atom stereocenters. The molecule has 2 N–H and O–H groups in total. The average Bonchev–Trinajstić information content (AvgIpc) is 3.31. The fourth-order valence-electron chi connectivity index (χ4n) is 5.39. The topological polar surface area (TPSA) is 90.8 Å². The number of anilines is 3. The minimum Gasteiger partial charge on any atom is -0.457 e. The first-order valence-electron chi connectivity index (χ1n) is 15.3. The Balaban J connectivity index is 1.29. The van der Waals surface area contributed by atoms with Crippen LogP contribution in [-0.4, -0.2) is 88.5 Å². The standard InChI is InChI=1S/C33H42F2N8O2/c1-6-42-15-17-43(18-16-42)22-23-7-8-24(19-27(23)33(2,34)35)37-32-38-28-10-9-25(20-29(28)41(32)5)45-26-11-13-36-30(21-26)39-31(44)12-14-40(3)4/h7-11,13,19-21H,6,12,14-18,22H2,1-5H3,(H,37,38)(H,36,39,44). The van der Waals surface area contributed by atoms with Crippen molar-refractivity contribution >= 4 is 34.4 Å². The molecule has 0 unspecified atom stereocenters. The molecule has 10 nitrogen and oxygen atoms in total. The number of likely N-dealkylation sites (N-methyl/N-ethyl adjacent to an activating group) is 1. The Kier molecular flexibility index (Phi) is 9.96. The van der Waals surface area contributed by atoms with Gasteiger partial charge in [-0.15, -0.1) is 0 Å². The van der Waals surface area contributed by atoms with E-state index in [9.17, 15) is 13.6 Å². The number of aromatic nitrogens is 3. The molecule has 1 saturated heterocycles. The molecular weight excluding hydrogens is 578 g/mol. The first kappa shape index (κ1) is 32.3. The van der Waals surface area contributed by atoms with Crippen LogP contribution in [0.4, 0.5) is 26.2 Å². The minimum atomic E-state index is -2.99. The van der Waals surface area contributed by atoms with E-state index in [-0.39, 0.29) is 11.5 Å². The second-order valence-electron chi connectivity index (χ2n) is 11.8. The number of imidazole rings is 1. The first-order valence-corrected chi connectivity index (χ1v) is 15.3. The van der Waals surface area contributed by atoms with Gasteiger partial charge in [0.25, 0.3) is 5.92 Å². The molecule has 2 aromatic carbocycles. The van der Waals surface area contributed by atoms with Crippen molar-refractivity contribution in [3.63, 3.8) is 0 Å². The van der Waals surface area contributed by atoms with Gasteiger partial charge in [-0.05, 0) is 56.5 Å². The average molecular weight is 621 g/mol. The number of halogens is 2. The molecule has 1 amide bonds. The normalized spacial score (nSPS) is 14.7. The molecule has 0 bridgehead atoms. The van der Waals surface area contributed by atoms with Gasteiger partial charge in [-0.25, -0.2) is 18.7 Å². The van der Waals surface area contributed by atoms with Crippen molar-refractivity contribution < 1.29 is 18.3 Å². The Labute approximate surface area is 263 Å². The quantitative estimate of drug-likeness (QED) is 0.210. The highest BCUT2D eigenvalue weighted by Gasteiger charge is 2.29. The van der Waals surface area contributed by atoms with Gasteiger partial charge in [0.1, 0.15) is 17.3 Å². The third kappa shape index (κ3) is 8.33. The summed E-state index contributed by atoms with van der Waals surface area (Å²) in [5.41, 5.74) is 2.71. The second kappa shape index (κ2) is 13.9. The molecule has 240 valence electrons. The lowest BCUT2D eigenvalue weighted by Gasteiger charge is -2.34. The predicted molar refractivity (Wildman–Crippen MR) is 174 cm³/mol. The van der Waals surface area contributed by atoms with Crippen molar-refractivity contribution in [2.24, 2.45) is 7.05 Å². The van der Waals surface area contributed by atoms with Gasteiger partial charge >= 0.3 is 0 Å². The van der Waals surface area contributed by atoms with Gasteiger partial charge in [0.2, 0.25) is 11.9 Å². The van der Waals surface area contributed by atoms with Crippen LogP contribution in [0.3, 0.4) is 0 Å². The highest BCUT2D eigenvalue weighted by molar-refractivity contribution is 5.90. The van der Waals surface area contributed by atoms with Gasteiger partial charge in [0.05, 0.1) is 11.0 Å². The maximum absolute atomic E-state index is 14.8. The molecule has 45 heavy (non-hydrogen) atoms. The molecule has 3 heterocycles. The molecule has 0 aliphatic carbocycles. The van der Waals surface area contributed by atoms with E-state index >= 15 is 0 Å². The zero-order valence-electron chi connectivity index (χ0n) is 26.6. The van der Waals surface area contributed by atoms with Gasteiger partial charge in [-0.2, -0.15) is 0 Å². The van der Waals surface area contributed by atoms with E-state index in [1.165, 1.54) is 6.07 Å². The number of carbonyl (C=O) groups is 1. The summed E-state index contributed by atoms with van der Waals surface area (Å²) >= 11 is 0. The highest BCUT2D eigenvalue weighted by atomic mass is 19.3. The summed E-state index contributed by atoms with van der Waals surface area (Å²) in [4.78, 5) is 27.7. The molecule has 1 aliphatic heterocycles. The van der Waals surface area contributed by atoms with E-state index < -0.39 is 5.92 Å². The van der Waals surface area contributed by atoms with Crippen LogP contribution in [0.1, 0.15) is 31.4 Å². The number of fused-ring (bicyclic) bond motifs is 1. The summed E-state index contributed by atoms with van der Waals surface area (Å²) < 4.78 is 37.6. The lowest BCUT2D eigenvalue weighted by atomic mass is 10.0. The maximum Gasteiger partial charge on any atom is 0.270 e. The Morgan fingerprint density at radius 1 is 1.02 bits per heavy atom. The van der Waals surface area contributed by atoms with E-state index in [1.54, 1.807) is 30.5 Å². The molecule has 4 aromatic rings. The van der Waals surface area contributed by atoms with Crippen LogP contribution in [0.15, 0.2) is 54.7 Å². The number of rotatable bonds is 12. The van der Waals surface area contributed by atoms with Gasteiger partial charge in [-0.1, -0.05) is 13.0 Å². The number of amides is 1. The molecule has 1 fully saturated rings. The van der Waals surface area contributed by atoms with Gasteiger partial charge < -0.3 is 29.7 Å². The van der Waals surface area contributed by atoms with E-state index in [1.807, 2.05) is 48.8 Å². The molecular formula is C33H42F2N8O2. The van der Waals surface area contributed by atoms with Gasteiger partial charge in [0.15, 0.2) is 0 Å². The third-order valence-corrected chi connectivity index (χ3v) is 8.02. The second-order valence-corrected chi connectivity index (χ2v) is 11.8. The van der Waals surface area contributed by atoms with Crippen LogP contribution < -0.4 is 15.4 Å².